The fourth-order valence-electron chi connectivity index (χ4n) is 4.22. The number of carbonyl (C=O) groups excluding carboxylic acids is 2. The number of Topliss-reactive ketones (excluding diaryl/α,β-unsaturated/α-hetero) is 1. The van der Waals surface area contributed by atoms with Gasteiger partial charge in [-0.25, -0.2) is 0 Å². The number of carbonyl (C=O) groups is 2. The molecule has 0 bridgehead atoms. The first-order chi connectivity index (χ1) is 16.2. The summed E-state index contributed by atoms with van der Waals surface area (Å²) in [5.41, 5.74) is 2.41. The van der Waals surface area contributed by atoms with Crippen molar-refractivity contribution >= 4 is 17.4 Å². The van der Waals surface area contributed by atoms with Crippen molar-refractivity contribution in [1.82, 2.24) is 9.80 Å². The minimum absolute atomic E-state index is 0.0827. The van der Waals surface area contributed by atoms with Crippen LogP contribution in [0.3, 0.4) is 0 Å². The second-order valence-electron chi connectivity index (χ2n) is 9.04. The summed E-state index contributed by atoms with van der Waals surface area (Å²) in [6.07, 6.45) is 0.705. The van der Waals surface area contributed by atoms with Crippen molar-refractivity contribution in [2.24, 2.45) is 0 Å². The van der Waals surface area contributed by atoms with Crippen LogP contribution in [0.15, 0.2) is 48.0 Å². The van der Waals surface area contributed by atoms with Crippen molar-refractivity contribution in [2.75, 3.05) is 41.4 Å². The number of hydrogen-bond acceptors (Lipinski definition) is 6. The molecule has 0 spiro atoms. The van der Waals surface area contributed by atoms with Crippen LogP contribution in [0.1, 0.15) is 48.9 Å². The van der Waals surface area contributed by atoms with Gasteiger partial charge < -0.3 is 24.4 Å². The number of methoxy groups -OCH3 is 2. The van der Waals surface area contributed by atoms with Gasteiger partial charge in [-0.2, -0.15) is 0 Å². The first-order valence-corrected chi connectivity index (χ1v) is 11.4. The fourth-order valence-corrected chi connectivity index (χ4v) is 4.22. The van der Waals surface area contributed by atoms with Gasteiger partial charge in [-0.3, -0.25) is 9.59 Å². The molecule has 1 aliphatic heterocycles. The Bertz CT molecular complexity index is 1070. The SMILES string of the molecule is COc1ccc(/C(O)=C2\C(=O)C(=O)N(CCCN(C)C)[C@H]2c2ccc(C(C)C)cc2)cc1OC. The Morgan fingerprint density at radius 1 is 1.03 bits per heavy atom. The number of likely N-dealkylation sites (tertiary alicyclic amines) is 1. The number of rotatable bonds is 9. The normalized spacial score (nSPS) is 17.6. The molecule has 0 aromatic heterocycles. The average Bonchev–Trinajstić information content (AvgIpc) is 3.07. The fraction of sp³-hybridized carbons (Fsp3) is 0.407. The summed E-state index contributed by atoms with van der Waals surface area (Å²) in [5, 5.41) is 11.3. The van der Waals surface area contributed by atoms with E-state index in [1.807, 2.05) is 43.3 Å². The van der Waals surface area contributed by atoms with Crippen LogP contribution in [0, 0.1) is 0 Å². The number of benzene rings is 2. The van der Waals surface area contributed by atoms with E-state index in [4.69, 9.17) is 9.47 Å². The maximum absolute atomic E-state index is 13.2. The molecule has 1 amide bonds. The summed E-state index contributed by atoms with van der Waals surface area (Å²) < 4.78 is 10.6. The average molecular weight is 467 g/mol. The van der Waals surface area contributed by atoms with Crippen molar-refractivity contribution in [3.63, 3.8) is 0 Å². The van der Waals surface area contributed by atoms with E-state index in [1.165, 1.54) is 14.2 Å². The van der Waals surface area contributed by atoms with Crippen LogP contribution in [0.4, 0.5) is 0 Å². The Hall–Kier alpha value is -3.32. The summed E-state index contributed by atoms with van der Waals surface area (Å²) in [6, 6.07) is 12.1. The van der Waals surface area contributed by atoms with Crippen LogP contribution >= 0.6 is 0 Å². The zero-order chi connectivity index (χ0) is 25.0. The smallest absolute Gasteiger partial charge is 0.295 e. The molecule has 7 heteroatoms. The van der Waals surface area contributed by atoms with Crippen LogP contribution in [0.25, 0.3) is 5.76 Å². The quantitative estimate of drug-likeness (QED) is 0.339. The molecule has 1 aliphatic rings. The number of hydrogen-bond donors (Lipinski definition) is 1. The van der Waals surface area contributed by atoms with Gasteiger partial charge in [0.05, 0.1) is 25.8 Å². The summed E-state index contributed by atoms with van der Waals surface area (Å²) in [6.45, 7) is 5.40. The standard InChI is InChI=1S/C27H34N2O5/c1-17(2)18-8-10-19(11-9-18)24-23(26(31)27(32)29(24)15-7-14-28(3)4)25(30)20-12-13-21(33-5)22(16-20)34-6/h8-13,16-17,24,30H,7,14-15H2,1-6H3/b25-23+/t24-/m0/s1. The van der Waals surface area contributed by atoms with Gasteiger partial charge in [0, 0.05) is 12.1 Å². The minimum Gasteiger partial charge on any atom is -0.507 e. The number of nitrogens with zero attached hydrogens (tertiary/aromatic N) is 2. The maximum atomic E-state index is 13.2. The van der Waals surface area contributed by atoms with E-state index in [0.717, 1.165) is 17.7 Å². The Morgan fingerprint density at radius 2 is 1.68 bits per heavy atom. The molecule has 1 heterocycles. The van der Waals surface area contributed by atoms with Gasteiger partial charge >= 0.3 is 0 Å². The van der Waals surface area contributed by atoms with E-state index in [1.54, 1.807) is 23.1 Å². The number of aliphatic hydroxyl groups is 1. The molecular formula is C27H34N2O5. The van der Waals surface area contributed by atoms with Gasteiger partial charge in [0.15, 0.2) is 11.5 Å². The van der Waals surface area contributed by atoms with Crippen LogP contribution in [-0.2, 0) is 9.59 Å². The third-order valence-corrected chi connectivity index (χ3v) is 6.12. The molecule has 7 nitrogen and oxygen atoms in total. The molecule has 2 aromatic carbocycles. The molecule has 182 valence electrons. The van der Waals surface area contributed by atoms with Gasteiger partial charge in [-0.1, -0.05) is 38.1 Å². The highest BCUT2D eigenvalue weighted by atomic mass is 16.5. The molecule has 0 unspecified atom stereocenters. The van der Waals surface area contributed by atoms with E-state index in [0.29, 0.717) is 35.9 Å². The van der Waals surface area contributed by atoms with Gasteiger partial charge in [0.25, 0.3) is 11.7 Å². The van der Waals surface area contributed by atoms with Gasteiger partial charge in [-0.15, -0.1) is 0 Å². The highest BCUT2D eigenvalue weighted by Crippen LogP contribution is 2.41. The van der Waals surface area contributed by atoms with E-state index >= 15 is 0 Å². The van der Waals surface area contributed by atoms with Crippen LogP contribution in [-0.4, -0.2) is 68.0 Å². The molecule has 0 aliphatic carbocycles. The van der Waals surface area contributed by atoms with Crippen LogP contribution < -0.4 is 9.47 Å². The molecule has 3 rings (SSSR count). The maximum Gasteiger partial charge on any atom is 0.295 e. The Morgan fingerprint density at radius 3 is 2.24 bits per heavy atom. The number of ether oxygens (including phenoxy) is 2. The lowest BCUT2D eigenvalue weighted by Gasteiger charge is -2.26. The summed E-state index contributed by atoms with van der Waals surface area (Å²) >= 11 is 0. The van der Waals surface area contributed by atoms with E-state index in [-0.39, 0.29) is 11.3 Å². The Kier molecular flexibility index (Phi) is 7.99. The summed E-state index contributed by atoms with van der Waals surface area (Å²) in [5.74, 6) is -0.234. The summed E-state index contributed by atoms with van der Waals surface area (Å²) in [4.78, 5) is 29.9. The van der Waals surface area contributed by atoms with E-state index in [2.05, 4.69) is 13.8 Å². The zero-order valence-electron chi connectivity index (χ0n) is 20.8. The van der Waals surface area contributed by atoms with Crippen molar-refractivity contribution in [1.29, 1.82) is 0 Å². The van der Waals surface area contributed by atoms with Crippen LogP contribution in [0.5, 0.6) is 11.5 Å². The predicted molar refractivity (Wildman–Crippen MR) is 132 cm³/mol. The first-order valence-electron chi connectivity index (χ1n) is 11.4. The highest BCUT2D eigenvalue weighted by molar-refractivity contribution is 6.46. The topological polar surface area (TPSA) is 79.3 Å². The predicted octanol–water partition coefficient (Wildman–Crippen LogP) is 4.20. The van der Waals surface area contributed by atoms with Crippen LogP contribution in [0.2, 0.25) is 0 Å². The minimum atomic E-state index is -0.685. The second-order valence-corrected chi connectivity index (χ2v) is 9.04. The van der Waals surface area contributed by atoms with E-state index < -0.39 is 17.7 Å². The molecular weight excluding hydrogens is 432 g/mol. The van der Waals surface area contributed by atoms with Gasteiger partial charge in [0.1, 0.15) is 5.76 Å². The van der Waals surface area contributed by atoms with Crippen molar-refractivity contribution in [3.8, 4) is 11.5 Å². The molecule has 0 saturated carbocycles. The van der Waals surface area contributed by atoms with Crippen molar-refractivity contribution in [2.45, 2.75) is 32.2 Å². The third kappa shape index (κ3) is 5.09. The first kappa shape index (κ1) is 25.3. The lowest BCUT2D eigenvalue weighted by molar-refractivity contribution is -0.139. The zero-order valence-corrected chi connectivity index (χ0v) is 20.8. The molecule has 34 heavy (non-hydrogen) atoms. The molecule has 1 N–H and O–H groups in total. The molecule has 0 radical (unpaired) electrons. The third-order valence-electron chi connectivity index (χ3n) is 6.12. The monoisotopic (exact) mass is 466 g/mol. The van der Waals surface area contributed by atoms with Crippen molar-refractivity contribution < 1.29 is 24.2 Å². The number of amides is 1. The second kappa shape index (κ2) is 10.7. The Labute approximate surface area is 201 Å². The lowest BCUT2D eigenvalue weighted by atomic mass is 9.93. The van der Waals surface area contributed by atoms with Crippen molar-refractivity contribution in [3.05, 3.63) is 64.7 Å². The lowest BCUT2D eigenvalue weighted by Crippen LogP contribution is -2.32. The molecule has 1 fully saturated rings. The van der Waals surface area contributed by atoms with Gasteiger partial charge in [0.2, 0.25) is 0 Å². The summed E-state index contributed by atoms with van der Waals surface area (Å²) in [7, 11) is 6.96. The highest BCUT2D eigenvalue weighted by Gasteiger charge is 2.45. The number of aliphatic hydroxyl groups excluding tert-OH is 1. The van der Waals surface area contributed by atoms with Gasteiger partial charge in [-0.05, 0) is 62.3 Å². The molecule has 2 aromatic rings. The Balaban J connectivity index is 2.12. The van der Waals surface area contributed by atoms with E-state index in [9.17, 15) is 14.7 Å². The molecule has 1 saturated heterocycles. The molecule has 1 atom stereocenters. The number of ketones is 1. The largest absolute Gasteiger partial charge is 0.507 e.